The second-order valence-corrected chi connectivity index (χ2v) is 6.77. The van der Waals surface area contributed by atoms with E-state index < -0.39 is 6.04 Å². The van der Waals surface area contributed by atoms with Crippen molar-refractivity contribution in [1.82, 2.24) is 4.90 Å². The molecule has 3 amide bonds. The Labute approximate surface area is 158 Å². The van der Waals surface area contributed by atoms with Crippen LogP contribution in [0.1, 0.15) is 35.7 Å². The summed E-state index contributed by atoms with van der Waals surface area (Å²) in [6.45, 7) is 4.00. The fourth-order valence-electron chi connectivity index (χ4n) is 3.21. The number of nitrogens with zero attached hydrogens (tertiary/aromatic N) is 1. The van der Waals surface area contributed by atoms with Gasteiger partial charge < -0.3 is 15.5 Å². The third kappa shape index (κ3) is 4.53. The number of likely N-dealkylation sites (tertiary alicyclic amines) is 1. The Hall–Kier alpha value is -3.15. The fourth-order valence-corrected chi connectivity index (χ4v) is 3.21. The average Bonchev–Trinajstić information content (AvgIpc) is 3.12. The number of ketones is 1. The monoisotopic (exact) mass is 365 g/mol. The van der Waals surface area contributed by atoms with Crippen LogP contribution in [-0.4, -0.2) is 35.2 Å². The molecule has 1 fully saturated rings. The number of aryl methyl sites for hydroxylation is 1. The molecule has 0 saturated carbocycles. The minimum Gasteiger partial charge on any atom is -0.324 e. The summed E-state index contributed by atoms with van der Waals surface area (Å²) in [6, 6.07) is 13.5. The van der Waals surface area contributed by atoms with E-state index in [4.69, 9.17) is 0 Å². The van der Waals surface area contributed by atoms with Crippen molar-refractivity contribution < 1.29 is 14.4 Å². The highest BCUT2D eigenvalue weighted by molar-refractivity contribution is 6.00. The number of nitrogens with one attached hydrogen (secondary N) is 2. The lowest BCUT2D eigenvalue weighted by atomic mass is 10.1. The fraction of sp³-hybridized carbons (Fsp3) is 0.286. The molecule has 0 bridgehead atoms. The summed E-state index contributed by atoms with van der Waals surface area (Å²) in [6.07, 6.45) is 1.40. The Morgan fingerprint density at radius 3 is 2.41 bits per heavy atom. The van der Waals surface area contributed by atoms with Crippen molar-refractivity contribution in [2.75, 3.05) is 17.2 Å². The molecule has 3 rings (SSSR count). The van der Waals surface area contributed by atoms with Gasteiger partial charge in [-0.1, -0.05) is 12.1 Å². The largest absolute Gasteiger partial charge is 0.324 e. The molecule has 2 aromatic carbocycles. The van der Waals surface area contributed by atoms with Gasteiger partial charge in [-0.05, 0) is 68.7 Å². The molecule has 2 N–H and O–H groups in total. The highest BCUT2D eigenvalue weighted by atomic mass is 16.2. The van der Waals surface area contributed by atoms with Crippen LogP contribution in [0.3, 0.4) is 0 Å². The summed E-state index contributed by atoms with van der Waals surface area (Å²) >= 11 is 0. The highest BCUT2D eigenvalue weighted by Gasteiger charge is 2.34. The zero-order valence-electron chi connectivity index (χ0n) is 15.5. The number of benzene rings is 2. The first-order chi connectivity index (χ1) is 12.9. The van der Waals surface area contributed by atoms with Crippen molar-refractivity contribution >= 4 is 29.1 Å². The maximum absolute atomic E-state index is 12.7. The molecule has 0 spiro atoms. The second kappa shape index (κ2) is 8.03. The van der Waals surface area contributed by atoms with Gasteiger partial charge in [0.25, 0.3) is 0 Å². The minimum atomic E-state index is -0.512. The molecule has 1 unspecified atom stereocenters. The van der Waals surface area contributed by atoms with Crippen LogP contribution in [0.2, 0.25) is 0 Å². The van der Waals surface area contributed by atoms with Gasteiger partial charge in [0.15, 0.2) is 5.78 Å². The number of amides is 3. The Morgan fingerprint density at radius 2 is 1.74 bits per heavy atom. The van der Waals surface area contributed by atoms with Crippen LogP contribution in [0.25, 0.3) is 0 Å². The molecular formula is C21H23N3O3. The summed E-state index contributed by atoms with van der Waals surface area (Å²) < 4.78 is 0. The van der Waals surface area contributed by atoms with Gasteiger partial charge in [-0.25, -0.2) is 4.79 Å². The average molecular weight is 365 g/mol. The summed E-state index contributed by atoms with van der Waals surface area (Å²) in [5.41, 5.74) is 2.97. The van der Waals surface area contributed by atoms with Crippen LogP contribution >= 0.6 is 0 Å². The first-order valence-electron chi connectivity index (χ1n) is 9.00. The lowest BCUT2D eigenvalue weighted by Gasteiger charge is -2.24. The second-order valence-electron chi connectivity index (χ2n) is 6.77. The van der Waals surface area contributed by atoms with Gasteiger partial charge in [0, 0.05) is 23.5 Å². The first-order valence-corrected chi connectivity index (χ1v) is 9.00. The summed E-state index contributed by atoms with van der Waals surface area (Å²) in [4.78, 5) is 38.2. The SMILES string of the molecule is CC(=O)c1ccc(NC(=O)C2CCCN2C(=O)Nc2cccc(C)c2)cc1. The molecule has 27 heavy (non-hydrogen) atoms. The number of hydrogen-bond acceptors (Lipinski definition) is 3. The number of Topliss-reactive ketones (excluding diaryl/α,β-unsaturated/α-hetero) is 1. The molecule has 0 aromatic heterocycles. The number of carbonyl (C=O) groups excluding carboxylic acids is 3. The van der Waals surface area contributed by atoms with Gasteiger partial charge in [0.05, 0.1) is 0 Å². The normalized spacial score (nSPS) is 16.1. The lowest BCUT2D eigenvalue weighted by Crippen LogP contribution is -2.45. The van der Waals surface area contributed by atoms with Gasteiger partial charge in [0.2, 0.25) is 5.91 Å². The molecule has 1 heterocycles. The molecule has 2 aromatic rings. The molecule has 1 atom stereocenters. The van der Waals surface area contributed by atoms with Crippen LogP contribution in [-0.2, 0) is 4.79 Å². The zero-order chi connectivity index (χ0) is 19.4. The van der Waals surface area contributed by atoms with Gasteiger partial charge >= 0.3 is 6.03 Å². The van der Waals surface area contributed by atoms with E-state index in [1.54, 1.807) is 29.2 Å². The van der Waals surface area contributed by atoms with Crippen molar-refractivity contribution in [2.45, 2.75) is 32.7 Å². The standard InChI is InChI=1S/C21H23N3O3/c1-14-5-3-6-18(13-14)23-21(27)24-12-4-7-19(24)20(26)22-17-10-8-16(9-11-17)15(2)25/h3,5-6,8-11,13,19H,4,7,12H2,1-2H3,(H,22,26)(H,23,27). The van der Waals surface area contributed by atoms with E-state index in [0.717, 1.165) is 12.0 Å². The van der Waals surface area contributed by atoms with E-state index in [0.29, 0.717) is 29.9 Å². The van der Waals surface area contributed by atoms with Crippen molar-refractivity contribution in [2.24, 2.45) is 0 Å². The van der Waals surface area contributed by atoms with Crippen LogP contribution in [0.5, 0.6) is 0 Å². The Bertz CT molecular complexity index is 861. The third-order valence-corrected chi connectivity index (χ3v) is 4.64. The van der Waals surface area contributed by atoms with E-state index in [1.807, 2.05) is 31.2 Å². The molecular weight excluding hydrogens is 342 g/mol. The van der Waals surface area contributed by atoms with Crippen LogP contribution in [0.4, 0.5) is 16.2 Å². The van der Waals surface area contributed by atoms with Gasteiger partial charge in [-0.3, -0.25) is 9.59 Å². The molecule has 1 saturated heterocycles. The van der Waals surface area contributed by atoms with Gasteiger partial charge in [0.1, 0.15) is 6.04 Å². The Kier molecular flexibility index (Phi) is 5.54. The number of rotatable bonds is 4. The summed E-state index contributed by atoms with van der Waals surface area (Å²) in [5.74, 6) is -0.245. The van der Waals surface area contributed by atoms with E-state index in [9.17, 15) is 14.4 Å². The predicted molar refractivity (Wildman–Crippen MR) is 105 cm³/mol. The number of urea groups is 1. The lowest BCUT2D eigenvalue weighted by molar-refractivity contribution is -0.119. The maximum Gasteiger partial charge on any atom is 0.322 e. The summed E-state index contributed by atoms with van der Waals surface area (Å²) in [5, 5.41) is 5.70. The molecule has 6 nitrogen and oxygen atoms in total. The molecule has 1 aliphatic rings. The topological polar surface area (TPSA) is 78.5 Å². The maximum atomic E-state index is 12.7. The van der Waals surface area contributed by atoms with E-state index in [2.05, 4.69) is 10.6 Å². The van der Waals surface area contributed by atoms with Crippen LogP contribution in [0.15, 0.2) is 48.5 Å². The van der Waals surface area contributed by atoms with E-state index >= 15 is 0 Å². The smallest absolute Gasteiger partial charge is 0.322 e. The zero-order valence-corrected chi connectivity index (χ0v) is 15.5. The van der Waals surface area contributed by atoms with E-state index in [-0.39, 0.29) is 17.7 Å². The van der Waals surface area contributed by atoms with Crippen molar-refractivity contribution in [3.05, 3.63) is 59.7 Å². The van der Waals surface area contributed by atoms with Crippen LogP contribution in [0, 0.1) is 6.92 Å². The molecule has 1 aliphatic heterocycles. The quantitative estimate of drug-likeness (QED) is 0.808. The highest BCUT2D eigenvalue weighted by Crippen LogP contribution is 2.21. The Balaban J connectivity index is 1.65. The Morgan fingerprint density at radius 1 is 1.00 bits per heavy atom. The predicted octanol–water partition coefficient (Wildman–Crippen LogP) is 3.83. The first kappa shape index (κ1) is 18.6. The van der Waals surface area contributed by atoms with Gasteiger partial charge in [-0.2, -0.15) is 0 Å². The van der Waals surface area contributed by atoms with Crippen molar-refractivity contribution in [3.63, 3.8) is 0 Å². The van der Waals surface area contributed by atoms with E-state index in [1.165, 1.54) is 6.92 Å². The molecule has 0 aliphatic carbocycles. The number of anilines is 2. The summed E-state index contributed by atoms with van der Waals surface area (Å²) in [7, 11) is 0. The van der Waals surface area contributed by atoms with Gasteiger partial charge in [-0.15, -0.1) is 0 Å². The van der Waals surface area contributed by atoms with Crippen molar-refractivity contribution in [1.29, 1.82) is 0 Å². The number of hydrogen-bond donors (Lipinski definition) is 2. The minimum absolute atomic E-state index is 0.0253. The number of carbonyl (C=O) groups is 3. The molecule has 0 radical (unpaired) electrons. The molecule has 6 heteroatoms. The van der Waals surface area contributed by atoms with Crippen LogP contribution < -0.4 is 10.6 Å². The van der Waals surface area contributed by atoms with Crippen molar-refractivity contribution in [3.8, 4) is 0 Å². The third-order valence-electron chi connectivity index (χ3n) is 4.64. The molecule has 140 valence electrons.